The second kappa shape index (κ2) is 9.98. The van der Waals surface area contributed by atoms with E-state index in [4.69, 9.17) is 23.7 Å². The van der Waals surface area contributed by atoms with Crippen LogP contribution in [0, 0.1) is 5.92 Å². The van der Waals surface area contributed by atoms with Crippen LogP contribution in [-0.4, -0.2) is 62.6 Å². The smallest absolute Gasteiger partial charge is 0.310 e. The van der Waals surface area contributed by atoms with Crippen molar-refractivity contribution in [2.45, 2.75) is 49.7 Å². The number of benzene rings is 2. The van der Waals surface area contributed by atoms with Crippen LogP contribution in [0.2, 0.25) is 0 Å². The summed E-state index contributed by atoms with van der Waals surface area (Å²) in [5.41, 5.74) is 2.92. The summed E-state index contributed by atoms with van der Waals surface area (Å²) in [6.45, 7) is 2.08. The molecule has 6 rings (SSSR count). The fourth-order valence-electron chi connectivity index (χ4n) is 6.74. The zero-order valence-corrected chi connectivity index (χ0v) is 21.8. The van der Waals surface area contributed by atoms with E-state index in [2.05, 4.69) is 23.1 Å². The maximum absolute atomic E-state index is 13.8. The molecular formula is C30H33NO7. The number of methoxy groups -OCH3 is 2. The van der Waals surface area contributed by atoms with Gasteiger partial charge in [0, 0.05) is 6.54 Å². The van der Waals surface area contributed by atoms with Gasteiger partial charge in [-0.1, -0.05) is 30.3 Å². The fourth-order valence-corrected chi connectivity index (χ4v) is 6.74. The molecular weight excluding hydrogens is 486 g/mol. The second-order valence-electron chi connectivity index (χ2n) is 10.5. The van der Waals surface area contributed by atoms with Gasteiger partial charge < -0.3 is 23.7 Å². The quantitative estimate of drug-likeness (QED) is 0.512. The van der Waals surface area contributed by atoms with Gasteiger partial charge in [-0.3, -0.25) is 14.5 Å². The molecule has 2 aromatic rings. The van der Waals surface area contributed by atoms with E-state index in [-0.39, 0.29) is 24.7 Å². The Hall–Kier alpha value is -3.52. The molecule has 0 amide bonds. The van der Waals surface area contributed by atoms with Gasteiger partial charge in [-0.15, -0.1) is 0 Å². The first kappa shape index (κ1) is 24.8. The number of rotatable bonds is 7. The third-order valence-corrected chi connectivity index (χ3v) is 8.51. The summed E-state index contributed by atoms with van der Waals surface area (Å²) < 4.78 is 28.6. The fraction of sp³-hybridized carbons (Fsp3) is 0.467. The Morgan fingerprint density at radius 3 is 2.66 bits per heavy atom. The maximum atomic E-state index is 13.8. The van der Waals surface area contributed by atoms with Crippen LogP contribution in [0.25, 0.3) is 0 Å². The largest absolute Gasteiger partial charge is 0.497 e. The highest BCUT2D eigenvalue weighted by molar-refractivity contribution is 5.80. The van der Waals surface area contributed by atoms with Crippen LogP contribution in [0.1, 0.15) is 41.9 Å². The van der Waals surface area contributed by atoms with E-state index in [9.17, 15) is 9.59 Å². The summed E-state index contributed by atoms with van der Waals surface area (Å²) in [7, 11) is 2.96. The van der Waals surface area contributed by atoms with Crippen LogP contribution in [0.4, 0.5) is 0 Å². The molecule has 0 radical (unpaired) electrons. The number of hydrogen-bond acceptors (Lipinski definition) is 8. The van der Waals surface area contributed by atoms with E-state index in [0.29, 0.717) is 17.9 Å². The summed E-state index contributed by atoms with van der Waals surface area (Å²) in [6, 6.07) is 13.8. The standard InChI is InChI=1S/C30H33NO7/c1-34-25-17-30-10-6-11-31(30)12-9-20-14-23-24(37-18-36-23)16-22(20)27(30)28(25)38-29(33)21(15-26(32)35-2)13-19-7-4-3-5-8-19/h3-5,7-8,14,16-17,21,27-28H,6,9-13,15,18H2,1-2H3/t21-,27+,28+,30-/m0/s1. The average molecular weight is 520 g/mol. The lowest BCUT2D eigenvalue weighted by atomic mass is 9.77. The molecule has 1 aliphatic carbocycles. The minimum atomic E-state index is -0.679. The van der Waals surface area contributed by atoms with Crippen molar-refractivity contribution in [3.63, 3.8) is 0 Å². The second-order valence-corrected chi connectivity index (χ2v) is 10.5. The first-order valence-corrected chi connectivity index (χ1v) is 13.3. The molecule has 8 heteroatoms. The summed E-state index contributed by atoms with van der Waals surface area (Å²) in [4.78, 5) is 28.6. The molecule has 0 bridgehead atoms. The van der Waals surface area contributed by atoms with Gasteiger partial charge in [-0.05, 0) is 67.1 Å². The molecule has 0 unspecified atom stereocenters. The highest BCUT2D eigenvalue weighted by Crippen LogP contribution is 2.55. The van der Waals surface area contributed by atoms with Gasteiger partial charge in [0.1, 0.15) is 5.76 Å². The van der Waals surface area contributed by atoms with E-state index in [1.54, 1.807) is 7.11 Å². The van der Waals surface area contributed by atoms with Crippen molar-refractivity contribution in [1.29, 1.82) is 0 Å². The predicted molar refractivity (Wildman–Crippen MR) is 138 cm³/mol. The predicted octanol–water partition coefficient (Wildman–Crippen LogP) is 3.77. The number of ether oxygens (including phenoxy) is 5. The Bertz CT molecular complexity index is 1260. The highest BCUT2D eigenvalue weighted by Gasteiger charge is 2.58. The van der Waals surface area contributed by atoms with Gasteiger partial charge in [0.25, 0.3) is 0 Å². The zero-order chi connectivity index (χ0) is 26.3. The van der Waals surface area contributed by atoms with E-state index in [0.717, 1.165) is 49.2 Å². The van der Waals surface area contributed by atoms with E-state index in [1.807, 2.05) is 30.3 Å². The van der Waals surface area contributed by atoms with Gasteiger partial charge in [-0.25, -0.2) is 0 Å². The van der Waals surface area contributed by atoms with Crippen LogP contribution in [-0.2, 0) is 36.6 Å². The Kier molecular flexibility index (Phi) is 6.51. The molecule has 3 aliphatic heterocycles. The summed E-state index contributed by atoms with van der Waals surface area (Å²) >= 11 is 0. The summed E-state index contributed by atoms with van der Waals surface area (Å²) in [5.74, 6) is 0.411. The Morgan fingerprint density at radius 1 is 1.11 bits per heavy atom. The van der Waals surface area contributed by atoms with Gasteiger partial charge >= 0.3 is 11.9 Å². The normalized spacial score (nSPS) is 25.9. The lowest BCUT2D eigenvalue weighted by Crippen LogP contribution is -2.47. The third-order valence-electron chi connectivity index (χ3n) is 8.51. The van der Waals surface area contributed by atoms with Crippen LogP contribution >= 0.6 is 0 Å². The molecule has 4 aliphatic rings. The first-order chi connectivity index (χ1) is 18.5. The van der Waals surface area contributed by atoms with Crippen molar-refractivity contribution in [2.24, 2.45) is 5.92 Å². The Morgan fingerprint density at radius 2 is 1.89 bits per heavy atom. The monoisotopic (exact) mass is 519 g/mol. The molecule has 1 spiro atoms. The molecule has 0 N–H and O–H groups in total. The molecule has 1 fully saturated rings. The van der Waals surface area contributed by atoms with E-state index < -0.39 is 24.0 Å². The van der Waals surface area contributed by atoms with Crippen molar-refractivity contribution in [1.82, 2.24) is 4.90 Å². The lowest BCUT2D eigenvalue weighted by molar-refractivity contribution is -0.159. The number of hydrogen-bond donors (Lipinski definition) is 0. The van der Waals surface area contributed by atoms with Crippen molar-refractivity contribution >= 4 is 11.9 Å². The van der Waals surface area contributed by atoms with Crippen LogP contribution in [0.5, 0.6) is 11.5 Å². The van der Waals surface area contributed by atoms with E-state index in [1.165, 1.54) is 12.7 Å². The minimum Gasteiger partial charge on any atom is -0.497 e. The number of esters is 2. The number of carbonyl (C=O) groups is 2. The van der Waals surface area contributed by atoms with Gasteiger partial charge in [0.2, 0.25) is 6.79 Å². The average Bonchev–Trinajstić information content (AvgIpc) is 3.62. The van der Waals surface area contributed by atoms with Crippen molar-refractivity contribution in [2.75, 3.05) is 34.1 Å². The lowest BCUT2D eigenvalue weighted by Gasteiger charge is -2.39. The number of fused-ring (bicyclic) bond motifs is 3. The molecule has 0 saturated carbocycles. The molecule has 3 heterocycles. The summed E-state index contributed by atoms with van der Waals surface area (Å²) in [6.07, 6.45) is 4.76. The highest BCUT2D eigenvalue weighted by atomic mass is 16.7. The minimum absolute atomic E-state index is 0.0554. The van der Waals surface area contributed by atoms with Gasteiger partial charge in [0.05, 0.1) is 38.0 Å². The molecule has 200 valence electrons. The molecule has 38 heavy (non-hydrogen) atoms. The van der Waals surface area contributed by atoms with E-state index >= 15 is 0 Å². The molecule has 0 aromatic heterocycles. The Labute approximate surface area is 222 Å². The SMILES string of the molecule is COC(=O)C[C@H](Cc1ccccc1)C(=O)O[C@@H]1C(OC)=C[C@]23CCCN2CCc2cc4c(cc2[C@H]13)OCO4. The molecule has 8 nitrogen and oxygen atoms in total. The first-order valence-electron chi connectivity index (χ1n) is 13.3. The van der Waals surface area contributed by atoms with Crippen LogP contribution in [0.15, 0.2) is 54.3 Å². The van der Waals surface area contributed by atoms with Gasteiger partial charge in [-0.2, -0.15) is 0 Å². The third kappa shape index (κ3) is 4.21. The summed E-state index contributed by atoms with van der Waals surface area (Å²) in [5, 5.41) is 0. The maximum Gasteiger partial charge on any atom is 0.310 e. The zero-order valence-electron chi connectivity index (χ0n) is 21.8. The van der Waals surface area contributed by atoms with Crippen LogP contribution < -0.4 is 9.47 Å². The Balaban J connectivity index is 1.37. The molecule has 1 saturated heterocycles. The van der Waals surface area contributed by atoms with Gasteiger partial charge in [0.15, 0.2) is 17.6 Å². The number of nitrogens with zero attached hydrogens (tertiary/aromatic N) is 1. The number of carbonyl (C=O) groups excluding carboxylic acids is 2. The molecule has 4 atom stereocenters. The topological polar surface area (TPSA) is 83.5 Å². The molecule has 2 aromatic carbocycles. The van der Waals surface area contributed by atoms with Crippen LogP contribution in [0.3, 0.4) is 0 Å². The van der Waals surface area contributed by atoms with Crippen molar-refractivity contribution in [3.05, 3.63) is 71.0 Å². The van der Waals surface area contributed by atoms with Crippen molar-refractivity contribution in [3.8, 4) is 11.5 Å². The van der Waals surface area contributed by atoms with Crippen molar-refractivity contribution < 1.29 is 33.3 Å².